The number of thiocarbonyl (C=S) groups is 1. The molecule has 0 unspecified atom stereocenters. The fraction of sp³-hybridized carbons (Fsp3) is 0. The van der Waals surface area contributed by atoms with Crippen LogP contribution in [0, 0.1) is 0 Å². The smallest absolute Gasteiger partial charge is 0.225 e. The van der Waals surface area contributed by atoms with E-state index < -0.39 is 0 Å². The van der Waals surface area contributed by atoms with Gasteiger partial charge in [-0.05, 0) is 24.4 Å². The zero-order chi connectivity index (χ0) is 12.3. The maximum absolute atomic E-state index is 5.55. The molecule has 6 heteroatoms. The molecule has 0 aliphatic carbocycles. The summed E-state index contributed by atoms with van der Waals surface area (Å²) in [6, 6.07) is 11.0. The fourth-order valence-corrected chi connectivity index (χ4v) is 2.00. The second-order valence-electron chi connectivity index (χ2n) is 3.27. The molecular weight excluding hydrogens is 270 g/mol. The highest BCUT2D eigenvalue weighted by molar-refractivity contribution is 8.12. The van der Waals surface area contributed by atoms with Crippen LogP contribution in [0.2, 0.25) is 0 Å². The summed E-state index contributed by atoms with van der Waals surface area (Å²) >= 11 is 14.9. The molecule has 0 saturated heterocycles. The summed E-state index contributed by atoms with van der Waals surface area (Å²) in [6.45, 7) is 0. The molecule has 0 saturated carbocycles. The van der Waals surface area contributed by atoms with Crippen LogP contribution in [0.25, 0.3) is 0 Å². The Hall–Kier alpha value is -0.950. The van der Waals surface area contributed by atoms with Crippen LogP contribution in [0.5, 0.6) is 0 Å². The van der Waals surface area contributed by atoms with Gasteiger partial charge in [0.1, 0.15) is 0 Å². The van der Waals surface area contributed by atoms with E-state index in [1.807, 2.05) is 36.4 Å². The maximum atomic E-state index is 5.55. The topological polar surface area (TPSA) is 25.8 Å². The third kappa shape index (κ3) is 2.35. The molecule has 2 heterocycles. The van der Waals surface area contributed by atoms with Crippen molar-refractivity contribution in [1.82, 2.24) is 13.9 Å². The monoisotopic (exact) mass is 279 g/mol. The minimum atomic E-state index is -0.208. The second kappa shape index (κ2) is 5.14. The lowest BCUT2D eigenvalue weighted by molar-refractivity contribution is 0.846. The minimum absolute atomic E-state index is 0.208. The number of quaternary nitrogens is 1. The summed E-state index contributed by atoms with van der Waals surface area (Å²) < 4.78 is 0.109. The van der Waals surface area contributed by atoms with E-state index in [0.717, 1.165) is 0 Å². The van der Waals surface area contributed by atoms with Gasteiger partial charge in [-0.3, -0.25) is 3.89 Å². The molecule has 0 spiro atoms. The van der Waals surface area contributed by atoms with E-state index in [9.17, 15) is 0 Å². The molecule has 0 fully saturated rings. The Kier molecular flexibility index (Phi) is 3.78. The van der Waals surface area contributed by atoms with E-state index in [0.29, 0.717) is 16.0 Å². The van der Waals surface area contributed by atoms with Gasteiger partial charge >= 0.3 is 0 Å². The van der Waals surface area contributed by atoms with Gasteiger partial charge in [-0.25, -0.2) is 9.97 Å². The summed E-state index contributed by atoms with van der Waals surface area (Å²) in [6.07, 6.45) is 3.34. The molecule has 0 amide bonds. The van der Waals surface area contributed by atoms with Gasteiger partial charge in [-0.1, -0.05) is 24.8 Å². The van der Waals surface area contributed by atoms with Gasteiger partial charge in [0, 0.05) is 24.5 Å². The molecule has 86 valence electrons. The van der Waals surface area contributed by atoms with Crippen LogP contribution in [-0.4, -0.2) is 14.3 Å². The average Bonchev–Trinajstić information content (AvgIpc) is 2.39. The van der Waals surface area contributed by atoms with Gasteiger partial charge < -0.3 is 12.8 Å². The Balaban J connectivity index is 2.59. The Morgan fingerprint density at radius 1 is 1.06 bits per heavy atom. The van der Waals surface area contributed by atoms with Gasteiger partial charge in [0.15, 0.2) is 0 Å². The molecule has 0 radical (unpaired) electrons. The number of nitrogens with zero attached hydrogens (tertiary/aromatic N) is 3. The van der Waals surface area contributed by atoms with Crippen LogP contribution in [0.15, 0.2) is 48.8 Å². The minimum Gasteiger partial charge on any atom is -0.471 e. The molecule has 0 N–H and O–H groups in total. The predicted molar refractivity (Wildman–Crippen MR) is 78.9 cm³/mol. The van der Waals surface area contributed by atoms with Gasteiger partial charge in [0.25, 0.3) is 0 Å². The van der Waals surface area contributed by atoms with Crippen LogP contribution < -0.4 is 3.89 Å². The van der Waals surface area contributed by atoms with E-state index in [1.54, 1.807) is 12.4 Å². The highest BCUT2D eigenvalue weighted by Gasteiger charge is 2.27. The van der Waals surface area contributed by atoms with Crippen LogP contribution in [0.3, 0.4) is 0 Å². The van der Waals surface area contributed by atoms with Gasteiger partial charge in [-0.15, -0.1) is 0 Å². The zero-order valence-electron chi connectivity index (χ0n) is 8.72. The molecule has 0 atom stereocenters. The molecule has 17 heavy (non-hydrogen) atoms. The average molecular weight is 279 g/mol. The molecule has 0 aliphatic heterocycles. The summed E-state index contributed by atoms with van der Waals surface area (Å²) in [5.74, 6) is 1.22. The van der Waals surface area contributed by atoms with Crippen molar-refractivity contribution in [3.8, 4) is 0 Å². The predicted octanol–water partition coefficient (Wildman–Crippen LogP) is 2.79. The Morgan fingerprint density at radius 3 is 1.82 bits per heavy atom. The van der Waals surface area contributed by atoms with Crippen molar-refractivity contribution >= 4 is 53.6 Å². The lowest BCUT2D eigenvalue weighted by atomic mass is 10.4. The molecule has 2 aromatic heterocycles. The molecule has 0 aliphatic rings. The van der Waals surface area contributed by atoms with Gasteiger partial charge in [-0.2, -0.15) is 0 Å². The summed E-state index contributed by atoms with van der Waals surface area (Å²) in [7, 11) is 0. The number of hydrogen-bond acceptors (Lipinski definition) is 4. The highest BCUT2D eigenvalue weighted by Crippen LogP contribution is 2.31. The number of rotatable bonds is 2. The second-order valence-corrected chi connectivity index (χ2v) is 4.93. The SMILES string of the molecule is S=C(S)[N+]([S-])(c1ccccn1)c1ccccn1. The van der Waals surface area contributed by atoms with Crippen LogP contribution >= 0.6 is 24.8 Å². The summed E-state index contributed by atoms with van der Waals surface area (Å²) in [4.78, 5) is 8.48. The Labute approximate surface area is 116 Å². The van der Waals surface area contributed by atoms with Crippen LogP contribution in [0.4, 0.5) is 11.6 Å². The first-order valence-electron chi connectivity index (χ1n) is 4.82. The third-order valence-corrected chi connectivity index (χ3v) is 3.59. The first-order valence-corrected chi connectivity index (χ1v) is 6.04. The Morgan fingerprint density at radius 2 is 1.53 bits per heavy atom. The molecular formula is C11H9N3S3. The lowest BCUT2D eigenvalue weighted by Crippen LogP contribution is -2.41. The van der Waals surface area contributed by atoms with Crippen molar-refractivity contribution in [2.24, 2.45) is 0 Å². The fourth-order valence-electron chi connectivity index (χ4n) is 1.39. The first kappa shape index (κ1) is 12.5. The summed E-state index contributed by atoms with van der Waals surface area (Å²) in [5, 5.41) is 0. The van der Waals surface area contributed by atoms with E-state index in [2.05, 4.69) is 22.6 Å². The highest BCUT2D eigenvalue weighted by atomic mass is 32.1. The van der Waals surface area contributed by atoms with Crippen molar-refractivity contribution in [2.75, 3.05) is 0 Å². The van der Waals surface area contributed by atoms with Gasteiger partial charge in [0.05, 0.1) is 0 Å². The van der Waals surface area contributed by atoms with Crippen LogP contribution in [0.1, 0.15) is 0 Å². The van der Waals surface area contributed by atoms with E-state index in [1.165, 1.54) is 0 Å². The molecule has 2 rings (SSSR count). The molecule has 3 nitrogen and oxygen atoms in total. The standard InChI is InChI=1S/C11H9N3S3/c15-11(16)14(17,9-5-1-3-7-12-9)10-6-2-4-8-13-10/h1-8H,(H,15,16). The molecule has 0 bridgehead atoms. The lowest BCUT2D eigenvalue weighted by Gasteiger charge is -2.38. The van der Waals surface area contributed by atoms with E-state index in [-0.39, 0.29) is 3.89 Å². The van der Waals surface area contributed by atoms with Gasteiger partial charge in [0.2, 0.25) is 16.0 Å². The van der Waals surface area contributed by atoms with Crippen molar-refractivity contribution in [3.05, 3.63) is 48.8 Å². The third-order valence-electron chi connectivity index (χ3n) is 2.21. The normalized spacial score (nSPS) is 11.2. The van der Waals surface area contributed by atoms with Crippen molar-refractivity contribution in [1.29, 1.82) is 0 Å². The van der Waals surface area contributed by atoms with Crippen molar-refractivity contribution < 1.29 is 0 Å². The number of hydrogen-bond donors (Lipinski definition) is 1. The van der Waals surface area contributed by atoms with E-state index >= 15 is 0 Å². The largest absolute Gasteiger partial charge is 0.471 e. The summed E-state index contributed by atoms with van der Waals surface area (Å²) in [5.41, 5.74) is 0. The van der Waals surface area contributed by atoms with Crippen molar-refractivity contribution in [3.63, 3.8) is 0 Å². The van der Waals surface area contributed by atoms with E-state index in [4.69, 9.17) is 25.0 Å². The maximum Gasteiger partial charge on any atom is 0.225 e. The quantitative estimate of drug-likeness (QED) is 0.396. The van der Waals surface area contributed by atoms with Crippen molar-refractivity contribution in [2.45, 2.75) is 0 Å². The molecule has 0 aromatic carbocycles. The molecule has 2 aromatic rings. The number of aromatic nitrogens is 2. The van der Waals surface area contributed by atoms with Crippen LogP contribution in [-0.2, 0) is 12.8 Å². The zero-order valence-corrected chi connectivity index (χ0v) is 11.3. The number of pyridine rings is 2. The first-order chi connectivity index (χ1) is 8.15. The number of thiol groups is 1. The Bertz CT molecular complexity index is 476.